The van der Waals surface area contributed by atoms with Crippen molar-refractivity contribution in [3.63, 3.8) is 0 Å². The van der Waals surface area contributed by atoms with Gasteiger partial charge in [-0.3, -0.25) is 0 Å². The second-order valence-electron chi connectivity index (χ2n) is 5.06. The Morgan fingerprint density at radius 3 is 2.74 bits per heavy atom. The summed E-state index contributed by atoms with van der Waals surface area (Å²) in [5.41, 5.74) is 2.44. The monoisotopic (exact) mass is 265 g/mol. The Hall–Kier alpha value is -1.13. The molecule has 1 aromatic heterocycles. The Balaban J connectivity index is 2.71. The van der Waals surface area contributed by atoms with E-state index in [-0.39, 0.29) is 0 Å². The molecule has 0 atom stereocenters. The Kier molecular flexibility index (Phi) is 7.45. The van der Waals surface area contributed by atoms with E-state index >= 15 is 0 Å². The Bertz CT molecular complexity index is 366. The van der Waals surface area contributed by atoms with E-state index in [0.717, 1.165) is 37.4 Å². The van der Waals surface area contributed by atoms with E-state index in [1.165, 1.54) is 5.56 Å². The quantitative estimate of drug-likeness (QED) is 0.674. The summed E-state index contributed by atoms with van der Waals surface area (Å²) in [5.74, 6) is 0.948. The topological polar surface area (TPSA) is 46.2 Å². The average Bonchev–Trinajstić information content (AvgIpc) is 2.37. The van der Waals surface area contributed by atoms with Crippen molar-refractivity contribution in [1.82, 2.24) is 10.3 Å². The minimum Gasteiger partial charge on any atom is -0.383 e. The van der Waals surface area contributed by atoms with Gasteiger partial charge in [0.05, 0.1) is 6.61 Å². The van der Waals surface area contributed by atoms with Crippen LogP contribution >= 0.6 is 0 Å². The van der Waals surface area contributed by atoms with Gasteiger partial charge in [0.25, 0.3) is 0 Å². The number of nitrogens with one attached hydrogen (secondary N) is 2. The van der Waals surface area contributed by atoms with Crippen molar-refractivity contribution in [3.8, 4) is 0 Å². The summed E-state index contributed by atoms with van der Waals surface area (Å²) in [5, 5.41) is 6.75. The first-order chi connectivity index (χ1) is 9.15. The van der Waals surface area contributed by atoms with Crippen molar-refractivity contribution in [1.29, 1.82) is 0 Å². The lowest BCUT2D eigenvalue weighted by Gasteiger charge is -2.12. The second-order valence-corrected chi connectivity index (χ2v) is 5.06. The number of nitrogens with zero attached hydrogens (tertiary/aromatic N) is 1. The molecule has 0 saturated heterocycles. The van der Waals surface area contributed by atoms with E-state index in [0.29, 0.717) is 12.6 Å². The van der Waals surface area contributed by atoms with Gasteiger partial charge in [0.1, 0.15) is 5.82 Å². The van der Waals surface area contributed by atoms with Crippen molar-refractivity contribution >= 4 is 5.82 Å². The first kappa shape index (κ1) is 15.9. The molecule has 0 spiro atoms. The maximum Gasteiger partial charge on any atom is 0.126 e. The van der Waals surface area contributed by atoms with Crippen molar-refractivity contribution in [2.24, 2.45) is 0 Å². The van der Waals surface area contributed by atoms with Crippen molar-refractivity contribution in [2.75, 3.05) is 25.6 Å². The van der Waals surface area contributed by atoms with Gasteiger partial charge in [0.2, 0.25) is 0 Å². The number of rotatable bonds is 9. The number of methoxy groups -OCH3 is 1. The van der Waals surface area contributed by atoms with Gasteiger partial charge < -0.3 is 15.4 Å². The summed E-state index contributed by atoms with van der Waals surface area (Å²) >= 11 is 0. The summed E-state index contributed by atoms with van der Waals surface area (Å²) in [7, 11) is 1.71. The van der Waals surface area contributed by atoms with Gasteiger partial charge in [-0.2, -0.15) is 0 Å². The normalized spacial score (nSPS) is 11.0. The van der Waals surface area contributed by atoms with E-state index in [9.17, 15) is 0 Å². The molecule has 0 saturated carbocycles. The zero-order chi connectivity index (χ0) is 14.1. The van der Waals surface area contributed by atoms with Crippen LogP contribution in [0.5, 0.6) is 0 Å². The zero-order valence-electron chi connectivity index (χ0n) is 12.6. The van der Waals surface area contributed by atoms with Crippen LogP contribution in [0.4, 0.5) is 5.82 Å². The third-order valence-corrected chi connectivity index (χ3v) is 2.77. The van der Waals surface area contributed by atoms with Crippen molar-refractivity contribution in [2.45, 2.75) is 46.2 Å². The fourth-order valence-corrected chi connectivity index (χ4v) is 1.83. The Morgan fingerprint density at radius 1 is 1.32 bits per heavy atom. The summed E-state index contributed by atoms with van der Waals surface area (Å²) in [4.78, 5) is 4.63. The van der Waals surface area contributed by atoms with Crippen LogP contribution in [0, 0.1) is 0 Å². The highest BCUT2D eigenvalue weighted by atomic mass is 16.5. The molecule has 19 heavy (non-hydrogen) atoms. The predicted octanol–water partition coefficient (Wildman–Crippen LogP) is 2.59. The largest absolute Gasteiger partial charge is 0.383 e. The predicted molar refractivity (Wildman–Crippen MR) is 80.6 cm³/mol. The second kappa shape index (κ2) is 8.88. The van der Waals surface area contributed by atoms with Crippen LogP contribution in [0.2, 0.25) is 0 Å². The third kappa shape index (κ3) is 6.55. The van der Waals surface area contributed by atoms with Crippen LogP contribution in [0.1, 0.15) is 38.4 Å². The number of hydrogen-bond donors (Lipinski definition) is 2. The van der Waals surface area contributed by atoms with Crippen LogP contribution in [-0.2, 0) is 17.7 Å². The van der Waals surface area contributed by atoms with Crippen molar-refractivity contribution in [3.05, 3.63) is 23.4 Å². The molecule has 1 rings (SSSR count). The zero-order valence-corrected chi connectivity index (χ0v) is 12.6. The standard InChI is InChI=1S/C15H27N3O/c1-5-6-14-9-13(11-17-12(2)3)10-15(18-14)16-7-8-19-4/h9-10,12,17H,5-8,11H2,1-4H3,(H,16,18). The van der Waals surface area contributed by atoms with Gasteiger partial charge in [-0.1, -0.05) is 27.2 Å². The molecule has 0 radical (unpaired) electrons. The highest BCUT2D eigenvalue weighted by Gasteiger charge is 2.03. The number of aryl methyl sites for hydroxylation is 1. The highest BCUT2D eigenvalue weighted by molar-refractivity contribution is 5.39. The fraction of sp³-hybridized carbons (Fsp3) is 0.667. The molecule has 1 aromatic rings. The summed E-state index contributed by atoms with van der Waals surface area (Å²) in [6.45, 7) is 8.86. The van der Waals surface area contributed by atoms with E-state index < -0.39 is 0 Å². The SMILES string of the molecule is CCCc1cc(CNC(C)C)cc(NCCOC)n1. The minimum atomic E-state index is 0.493. The Labute approximate surface area is 117 Å². The highest BCUT2D eigenvalue weighted by Crippen LogP contribution is 2.12. The van der Waals surface area contributed by atoms with E-state index in [4.69, 9.17) is 4.74 Å². The first-order valence-electron chi connectivity index (χ1n) is 7.11. The van der Waals surface area contributed by atoms with Crippen LogP contribution in [-0.4, -0.2) is 31.3 Å². The molecule has 0 aromatic carbocycles. The van der Waals surface area contributed by atoms with E-state index in [1.54, 1.807) is 7.11 Å². The van der Waals surface area contributed by atoms with Crippen LogP contribution in [0.3, 0.4) is 0 Å². The van der Waals surface area contributed by atoms with Gasteiger partial charge >= 0.3 is 0 Å². The lowest BCUT2D eigenvalue weighted by molar-refractivity contribution is 0.210. The van der Waals surface area contributed by atoms with Crippen molar-refractivity contribution < 1.29 is 4.74 Å². The number of hydrogen-bond acceptors (Lipinski definition) is 4. The maximum atomic E-state index is 5.05. The summed E-state index contributed by atoms with van der Waals surface area (Å²) < 4.78 is 5.05. The van der Waals surface area contributed by atoms with Gasteiger partial charge in [-0.15, -0.1) is 0 Å². The molecule has 0 aliphatic heterocycles. The minimum absolute atomic E-state index is 0.493. The molecule has 1 heterocycles. The van der Waals surface area contributed by atoms with E-state index in [1.807, 2.05) is 0 Å². The van der Waals surface area contributed by atoms with Gasteiger partial charge in [-0.25, -0.2) is 4.98 Å². The smallest absolute Gasteiger partial charge is 0.126 e. The molecular formula is C15H27N3O. The lowest BCUT2D eigenvalue weighted by Crippen LogP contribution is -2.22. The van der Waals surface area contributed by atoms with E-state index in [2.05, 4.69) is 48.5 Å². The molecular weight excluding hydrogens is 238 g/mol. The number of aromatic nitrogens is 1. The molecule has 2 N–H and O–H groups in total. The van der Waals surface area contributed by atoms with Gasteiger partial charge in [0, 0.05) is 31.9 Å². The molecule has 4 nitrogen and oxygen atoms in total. The molecule has 4 heteroatoms. The summed E-state index contributed by atoms with van der Waals surface area (Å²) in [6.07, 6.45) is 2.14. The molecule has 0 aliphatic rings. The maximum absolute atomic E-state index is 5.05. The average molecular weight is 265 g/mol. The molecule has 0 bridgehead atoms. The summed E-state index contributed by atoms with van der Waals surface area (Å²) in [6, 6.07) is 4.80. The number of pyridine rings is 1. The molecule has 0 amide bonds. The lowest BCUT2D eigenvalue weighted by atomic mass is 10.1. The van der Waals surface area contributed by atoms with Crippen LogP contribution < -0.4 is 10.6 Å². The van der Waals surface area contributed by atoms with Gasteiger partial charge in [0.15, 0.2) is 0 Å². The molecule has 0 aliphatic carbocycles. The number of anilines is 1. The molecule has 0 fully saturated rings. The van der Waals surface area contributed by atoms with Crippen LogP contribution in [0.15, 0.2) is 12.1 Å². The molecule has 0 unspecified atom stereocenters. The first-order valence-corrected chi connectivity index (χ1v) is 7.11. The third-order valence-electron chi connectivity index (χ3n) is 2.77. The molecule has 108 valence electrons. The van der Waals surface area contributed by atoms with Crippen LogP contribution in [0.25, 0.3) is 0 Å². The van der Waals surface area contributed by atoms with Gasteiger partial charge in [-0.05, 0) is 24.1 Å². The Morgan fingerprint density at radius 2 is 2.11 bits per heavy atom. The number of ether oxygens (including phenoxy) is 1. The fourth-order valence-electron chi connectivity index (χ4n) is 1.83.